The maximum absolute atomic E-state index is 11.9. The SMILES string of the molecule is Nc1cncc(C(=O)Nc2c(Cl)cc(Cl)cc2Cl)n1. The van der Waals surface area contributed by atoms with E-state index in [9.17, 15) is 4.79 Å². The van der Waals surface area contributed by atoms with Gasteiger partial charge in [-0.1, -0.05) is 34.8 Å². The summed E-state index contributed by atoms with van der Waals surface area (Å²) in [6.45, 7) is 0. The van der Waals surface area contributed by atoms with E-state index in [2.05, 4.69) is 15.3 Å². The fourth-order valence-electron chi connectivity index (χ4n) is 1.33. The summed E-state index contributed by atoms with van der Waals surface area (Å²) in [6, 6.07) is 2.94. The quantitative estimate of drug-likeness (QED) is 0.890. The number of nitrogens with one attached hydrogen (secondary N) is 1. The second kappa shape index (κ2) is 5.61. The van der Waals surface area contributed by atoms with Crippen LogP contribution in [0.15, 0.2) is 24.5 Å². The Morgan fingerprint density at radius 2 is 1.79 bits per heavy atom. The van der Waals surface area contributed by atoms with Crippen LogP contribution in [0, 0.1) is 0 Å². The van der Waals surface area contributed by atoms with E-state index in [0.717, 1.165) is 0 Å². The monoisotopic (exact) mass is 316 g/mol. The van der Waals surface area contributed by atoms with Gasteiger partial charge in [-0.15, -0.1) is 0 Å². The Balaban J connectivity index is 2.29. The van der Waals surface area contributed by atoms with Gasteiger partial charge in [0.1, 0.15) is 11.5 Å². The number of rotatable bonds is 2. The van der Waals surface area contributed by atoms with E-state index in [1.807, 2.05) is 0 Å². The normalized spacial score (nSPS) is 10.3. The molecule has 0 saturated carbocycles. The first-order valence-electron chi connectivity index (χ1n) is 5.01. The Labute approximate surface area is 123 Å². The molecule has 0 aliphatic rings. The van der Waals surface area contributed by atoms with Gasteiger partial charge < -0.3 is 11.1 Å². The Morgan fingerprint density at radius 3 is 2.37 bits per heavy atom. The number of benzene rings is 1. The number of carbonyl (C=O) groups excluding carboxylic acids is 1. The molecule has 8 heteroatoms. The number of amides is 1. The number of halogens is 3. The summed E-state index contributed by atoms with van der Waals surface area (Å²) >= 11 is 17.7. The minimum absolute atomic E-state index is 0.0575. The van der Waals surface area contributed by atoms with Crippen LogP contribution in [-0.4, -0.2) is 15.9 Å². The molecule has 0 unspecified atom stereocenters. The van der Waals surface area contributed by atoms with Crippen LogP contribution in [0.25, 0.3) is 0 Å². The van der Waals surface area contributed by atoms with Gasteiger partial charge in [-0.2, -0.15) is 0 Å². The van der Waals surface area contributed by atoms with Gasteiger partial charge in [0.2, 0.25) is 0 Å². The van der Waals surface area contributed by atoms with Crippen LogP contribution in [0.5, 0.6) is 0 Å². The zero-order valence-corrected chi connectivity index (χ0v) is 11.6. The summed E-state index contributed by atoms with van der Waals surface area (Å²) in [6.07, 6.45) is 2.61. The van der Waals surface area contributed by atoms with Crippen LogP contribution < -0.4 is 11.1 Å². The average Bonchev–Trinajstić information content (AvgIpc) is 2.33. The number of aromatic nitrogens is 2. The van der Waals surface area contributed by atoms with Crippen molar-refractivity contribution in [3.8, 4) is 0 Å². The summed E-state index contributed by atoms with van der Waals surface area (Å²) in [5.41, 5.74) is 5.76. The number of nitrogens with zero attached hydrogens (tertiary/aromatic N) is 2. The number of hydrogen-bond acceptors (Lipinski definition) is 4. The molecule has 0 aliphatic carbocycles. The van der Waals surface area contributed by atoms with Crippen molar-refractivity contribution in [1.82, 2.24) is 9.97 Å². The Hall–Kier alpha value is -1.56. The molecule has 98 valence electrons. The fraction of sp³-hybridized carbons (Fsp3) is 0. The zero-order chi connectivity index (χ0) is 14.0. The van der Waals surface area contributed by atoms with Crippen molar-refractivity contribution in [2.75, 3.05) is 11.1 Å². The third-order valence-electron chi connectivity index (χ3n) is 2.13. The number of nitrogens with two attached hydrogens (primary N) is 1. The van der Waals surface area contributed by atoms with Crippen LogP contribution in [0.1, 0.15) is 10.5 Å². The van der Waals surface area contributed by atoms with Crippen molar-refractivity contribution >= 4 is 52.2 Å². The molecular formula is C11H7Cl3N4O. The molecule has 0 aliphatic heterocycles. The molecule has 1 aromatic heterocycles. The summed E-state index contributed by atoms with van der Waals surface area (Å²) in [5.74, 6) is -0.383. The molecular weight excluding hydrogens is 311 g/mol. The molecule has 0 atom stereocenters. The lowest BCUT2D eigenvalue weighted by Gasteiger charge is -2.09. The highest BCUT2D eigenvalue weighted by Crippen LogP contribution is 2.33. The molecule has 0 fully saturated rings. The maximum atomic E-state index is 11.9. The standard InChI is InChI=1S/C11H7Cl3N4O/c12-5-1-6(13)10(7(14)2-5)18-11(19)8-3-16-4-9(15)17-8/h1-4H,(H2,15,17)(H,18,19). The fourth-order valence-corrected chi connectivity index (χ4v) is 2.24. The lowest BCUT2D eigenvalue weighted by molar-refractivity contribution is 0.102. The van der Waals surface area contributed by atoms with Gasteiger partial charge >= 0.3 is 0 Å². The first kappa shape index (κ1) is 13.9. The summed E-state index contributed by atoms with van der Waals surface area (Å²) < 4.78 is 0. The summed E-state index contributed by atoms with van der Waals surface area (Å²) in [5, 5.41) is 3.35. The van der Waals surface area contributed by atoms with Gasteiger partial charge in [0.15, 0.2) is 0 Å². The van der Waals surface area contributed by atoms with Crippen molar-refractivity contribution in [2.45, 2.75) is 0 Å². The van der Waals surface area contributed by atoms with Gasteiger partial charge in [-0.05, 0) is 12.1 Å². The molecule has 2 rings (SSSR count). The van der Waals surface area contributed by atoms with Gasteiger partial charge in [0, 0.05) is 5.02 Å². The van der Waals surface area contributed by atoms with Crippen molar-refractivity contribution in [3.05, 3.63) is 45.3 Å². The number of hydrogen-bond donors (Lipinski definition) is 2. The molecule has 1 heterocycles. The lowest BCUT2D eigenvalue weighted by Crippen LogP contribution is -2.15. The molecule has 3 N–H and O–H groups in total. The van der Waals surface area contributed by atoms with Crippen LogP contribution in [0.3, 0.4) is 0 Å². The predicted octanol–water partition coefficient (Wildman–Crippen LogP) is 3.27. The van der Waals surface area contributed by atoms with Crippen LogP contribution >= 0.6 is 34.8 Å². The minimum Gasteiger partial charge on any atom is -0.382 e. The highest BCUT2D eigenvalue weighted by Gasteiger charge is 2.14. The molecule has 0 radical (unpaired) electrons. The first-order chi connectivity index (χ1) is 8.97. The Morgan fingerprint density at radius 1 is 1.16 bits per heavy atom. The van der Waals surface area contributed by atoms with E-state index >= 15 is 0 Å². The molecule has 0 saturated heterocycles. The molecule has 0 spiro atoms. The largest absolute Gasteiger partial charge is 0.382 e. The van der Waals surface area contributed by atoms with Gasteiger partial charge in [-0.3, -0.25) is 9.78 Å². The predicted molar refractivity (Wildman–Crippen MR) is 75.9 cm³/mol. The Kier molecular flexibility index (Phi) is 4.09. The molecule has 1 aromatic carbocycles. The topological polar surface area (TPSA) is 80.9 Å². The molecule has 19 heavy (non-hydrogen) atoms. The van der Waals surface area contributed by atoms with Crippen LogP contribution in [-0.2, 0) is 0 Å². The molecule has 5 nitrogen and oxygen atoms in total. The van der Waals surface area contributed by atoms with Crippen molar-refractivity contribution in [1.29, 1.82) is 0 Å². The van der Waals surface area contributed by atoms with Crippen molar-refractivity contribution in [2.24, 2.45) is 0 Å². The van der Waals surface area contributed by atoms with E-state index in [-0.39, 0.29) is 27.2 Å². The number of carbonyl (C=O) groups is 1. The van der Waals surface area contributed by atoms with E-state index in [4.69, 9.17) is 40.5 Å². The number of nitrogen functional groups attached to an aromatic ring is 1. The summed E-state index contributed by atoms with van der Waals surface area (Å²) in [7, 11) is 0. The van der Waals surface area contributed by atoms with E-state index in [1.54, 1.807) is 0 Å². The second-order valence-corrected chi connectivity index (χ2v) is 4.78. The second-order valence-electron chi connectivity index (χ2n) is 3.53. The lowest BCUT2D eigenvalue weighted by atomic mass is 10.3. The van der Waals surface area contributed by atoms with Crippen molar-refractivity contribution < 1.29 is 4.79 Å². The van der Waals surface area contributed by atoms with E-state index < -0.39 is 5.91 Å². The molecule has 1 amide bonds. The average molecular weight is 318 g/mol. The summed E-state index contributed by atoms with van der Waals surface area (Å²) in [4.78, 5) is 19.5. The van der Waals surface area contributed by atoms with E-state index in [0.29, 0.717) is 5.02 Å². The van der Waals surface area contributed by atoms with E-state index in [1.165, 1.54) is 24.5 Å². The molecule has 0 bridgehead atoms. The van der Waals surface area contributed by atoms with Crippen LogP contribution in [0.2, 0.25) is 15.1 Å². The number of anilines is 2. The Bertz CT molecular complexity index is 625. The van der Waals surface area contributed by atoms with Gasteiger partial charge in [-0.25, -0.2) is 4.98 Å². The molecule has 2 aromatic rings. The third kappa shape index (κ3) is 3.26. The van der Waals surface area contributed by atoms with Gasteiger partial charge in [0.05, 0.1) is 28.1 Å². The smallest absolute Gasteiger partial charge is 0.276 e. The van der Waals surface area contributed by atoms with Gasteiger partial charge in [0.25, 0.3) is 5.91 Å². The first-order valence-corrected chi connectivity index (χ1v) is 6.14. The maximum Gasteiger partial charge on any atom is 0.276 e. The third-order valence-corrected chi connectivity index (χ3v) is 2.95. The van der Waals surface area contributed by atoms with Crippen LogP contribution in [0.4, 0.5) is 11.5 Å². The highest BCUT2D eigenvalue weighted by atomic mass is 35.5. The minimum atomic E-state index is -0.522. The highest BCUT2D eigenvalue weighted by molar-refractivity contribution is 6.42. The zero-order valence-electron chi connectivity index (χ0n) is 9.32. The van der Waals surface area contributed by atoms with Crippen molar-refractivity contribution in [3.63, 3.8) is 0 Å².